The van der Waals surface area contributed by atoms with Gasteiger partial charge in [-0.05, 0) is 107 Å². The molecule has 20 aromatic carbocycles. The summed E-state index contributed by atoms with van der Waals surface area (Å²) in [5.41, 5.74) is 16.0. The first-order valence-corrected chi connectivity index (χ1v) is 50.0. The number of nitrogens with zero attached hydrogens (tertiary/aromatic N) is 2. The summed E-state index contributed by atoms with van der Waals surface area (Å²) in [5.74, 6) is 3.23. The van der Waals surface area contributed by atoms with Crippen LogP contribution in [-0.4, -0.2) is 26.5 Å². The third kappa shape index (κ3) is 16.1. The van der Waals surface area contributed by atoms with Crippen molar-refractivity contribution in [2.45, 2.75) is 0 Å². The van der Waals surface area contributed by atoms with Crippen LogP contribution in [0.15, 0.2) is 522 Å². The van der Waals surface area contributed by atoms with E-state index in [1.54, 1.807) is 0 Å². The fourth-order valence-corrected chi connectivity index (χ4v) is 37.3. The number of rotatable bonds is 22. The van der Waals surface area contributed by atoms with Crippen LogP contribution in [0.4, 0.5) is 34.1 Å². The first-order valence-electron chi connectivity index (χ1n) is 41.7. The molecule has 0 unspecified atom stereocenters. The van der Waals surface area contributed by atoms with Crippen LogP contribution in [0.25, 0.3) is 66.1 Å². The molecule has 0 heterocycles. The molecule has 20 rings (SSSR count). The summed E-state index contributed by atoms with van der Waals surface area (Å²) in [6.45, 7) is 0. The van der Waals surface area contributed by atoms with Crippen LogP contribution >= 0.6 is 0 Å². The second-order valence-corrected chi connectivity index (χ2v) is 46.6. The maximum Gasteiger partial charge on any atom is 0.0540 e. The van der Waals surface area contributed by atoms with Crippen molar-refractivity contribution in [2.75, 3.05) is 9.80 Å². The van der Waals surface area contributed by atoms with Gasteiger partial charge in [0.25, 0.3) is 0 Å². The Morgan fingerprint density at radius 2 is 0.377 bits per heavy atom. The number of benzene rings is 20. The fourth-order valence-electron chi connectivity index (χ4n) is 17.4. The van der Waals surface area contributed by atoms with Gasteiger partial charge >= 0.3 is 445 Å². The van der Waals surface area contributed by atoms with Crippen molar-refractivity contribution in [1.82, 2.24) is 0 Å². The van der Waals surface area contributed by atoms with Gasteiger partial charge in [-0.15, -0.1) is 0 Å². The normalized spacial score (nSPS) is 11.3. The molecule has 0 aliphatic heterocycles. The Balaban J connectivity index is 0.000000161. The van der Waals surface area contributed by atoms with E-state index in [1.807, 2.05) is 84.9 Å². The van der Waals surface area contributed by atoms with Crippen molar-refractivity contribution < 1.29 is 9.47 Å². The van der Waals surface area contributed by atoms with Gasteiger partial charge in [0, 0.05) is 22.4 Å². The van der Waals surface area contributed by atoms with Gasteiger partial charge in [-0.2, -0.15) is 0 Å². The molecule has 0 fully saturated rings. The van der Waals surface area contributed by atoms with Crippen LogP contribution in [0.3, 0.4) is 0 Å². The van der Waals surface area contributed by atoms with E-state index in [4.69, 9.17) is 9.47 Å². The van der Waals surface area contributed by atoms with E-state index in [0.717, 1.165) is 57.1 Å². The first-order chi connectivity index (χ1) is 60.5. The average molecular weight is 1690 g/mol. The van der Waals surface area contributed by atoms with Crippen LogP contribution in [0.1, 0.15) is 0 Å². The number of ether oxygens (including phenoxy) is 2. The second kappa shape index (κ2) is 35.8. The van der Waals surface area contributed by atoms with Crippen molar-refractivity contribution in [1.29, 1.82) is 0 Å². The Kier molecular flexibility index (Phi) is 22.6. The van der Waals surface area contributed by atoms with Crippen LogP contribution in [0.5, 0.6) is 23.0 Å². The minimum Gasteiger partial charge on any atom is -0.0616 e. The van der Waals surface area contributed by atoms with Crippen LogP contribution < -0.4 is 54.4 Å². The quantitative estimate of drug-likeness (QED) is 0.0632. The smallest absolute Gasteiger partial charge is 0.0540 e. The molecule has 0 bridgehead atoms. The Bertz CT molecular complexity index is 6620. The van der Waals surface area contributed by atoms with Gasteiger partial charge in [-0.3, -0.25) is 0 Å². The van der Waals surface area contributed by atoms with E-state index in [2.05, 4.69) is 447 Å². The van der Waals surface area contributed by atoms with Crippen LogP contribution in [0.2, 0.25) is 0 Å². The topological polar surface area (TPSA) is 24.9 Å². The Hall–Kier alpha value is -14.8. The van der Waals surface area contributed by atoms with Gasteiger partial charge in [-0.1, -0.05) is 103 Å². The second-order valence-electron chi connectivity index (χ2n) is 30.6. The Morgan fingerprint density at radius 3 is 0.713 bits per heavy atom. The molecule has 0 aromatic heterocycles. The van der Waals surface area contributed by atoms with Crippen molar-refractivity contribution in [3.8, 4) is 67.5 Å². The minimum absolute atomic E-state index is 0.796. The third-order valence-corrected chi connectivity index (χ3v) is 43.5. The zero-order chi connectivity index (χ0) is 81.7. The predicted molar refractivity (Wildman–Crippen MR) is 519 cm³/mol. The van der Waals surface area contributed by atoms with Crippen molar-refractivity contribution in [2.24, 2.45) is 0 Å². The van der Waals surface area contributed by atoms with Gasteiger partial charge in [0.2, 0.25) is 0 Å². The first kappa shape index (κ1) is 77.1. The molecule has 0 amide bonds. The molecule has 0 spiro atoms. The van der Waals surface area contributed by atoms with Crippen molar-refractivity contribution in [3.05, 3.63) is 522 Å². The van der Waals surface area contributed by atoms with Gasteiger partial charge in [0.05, 0.1) is 5.69 Å². The van der Waals surface area contributed by atoms with Crippen LogP contribution in [0, 0.1) is 0 Å². The zero-order valence-electron chi connectivity index (χ0n) is 67.4. The summed E-state index contributed by atoms with van der Waals surface area (Å²) in [6, 6.07) is 188. The minimum atomic E-state index is -3.31. The van der Waals surface area contributed by atoms with Crippen LogP contribution in [-0.2, 0) is 0 Å². The van der Waals surface area contributed by atoms with Gasteiger partial charge in [-0.25, -0.2) is 0 Å². The largest absolute Gasteiger partial charge is 0.0616 e. The molecule has 0 aliphatic carbocycles. The van der Waals surface area contributed by atoms with E-state index in [1.165, 1.54) is 101 Å². The van der Waals surface area contributed by atoms with Crippen molar-refractivity contribution in [3.63, 3.8) is 0 Å². The SMILES string of the molecule is c1ccc(Oc2ccc(N(c3ccc(-c4ccc(-c5cc[c]([Ge]([c]6ccccc6)([c]6ccccc6)[c]6ccccc6)cc5)cc4)cc3)c3ccc4ccccc4c3)cc2)cc1.c1ccc(Oc2ccc(N(c3ccc(-c4ccc(-c5cc[c]([Ge]([c]6ccccc6)([c]6ccccc6)[c]6ccccc6)cc5)cc4)cc3)c3cccc4ccccc34)cc2)cc1. The third-order valence-electron chi connectivity index (χ3n) is 23.4. The number of fused-ring (bicyclic) bond motifs is 2. The average Bonchev–Trinajstić information content (AvgIpc) is 0.732. The number of hydrogen-bond donors (Lipinski definition) is 0. The summed E-state index contributed by atoms with van der Waals surface area (Å²) in [6.07, 6.45) is 0. The Morgan fingerprint density at radius 1 is 0.148 bits per heavy atom. The molecule has 0 atom stereocenters. The molecule has 580 valence electrons. The summed E-state index contributed by atoms with van der Waals surface area (Å²) < 4.78 is 23.7. The number of hydrogen-bond acceptors (Lipinski definition) is 4. The molecule has 0 aliphatic rings. The van der Waals surface area contributed by atoms with E-state index in [0.29, 0.717) is 0 Å². The maximum absolute atomic E-state index is 6.15. The molecule has 6 heteroatoms. The van der Waals surface area contributed by atoms with Gasteiger partial charge in [0.15, 0.2) is 0 Å². The fraction of sp³-hybridized carbons (Fsp3) is 0. The molecule has 0 saturated heterocycles. The predicted octanol–water partition coefficient (Wildman–Crippen LogP) is 25.6. The number of para-hydroxylation sites is 2. The molecular formula is C116H86Ge2N2O2. The summed E-state index contributed by atoms with van der Waals surface area (Å²) in [5, 5.41) is 4.81. The molecular weight excluding hydrogens is 1600 g/mol. The number of anilines is 6. The van der Waals surface area contributed by atoms with Gasteiger partial charge in [0.1, 0.15) is 23.0 Å². The van der Waals surface area contributed by atoms with E-state index < -0.39 is 26.5 Å². The molecule has 20 aromatic rings. The summed E-state index contributed by atoms with van der Waals surface area (Å²) in [4.78, 5) is 4.64. The molecule has 0 saturated carbocycles. The monoisotopic (exact) mass is 1690 g/mol. The van der Waals surface area contributed by atoms with E-state index >= 15 is 0 Å². The molecule has 0 N–H and O–H groups in total. The standard InChI is InChI=1S/2C58H43GeNO/c1-5-18-49(19-6-1)59(50-20-7-2-8-21-50,51-22-9-3-10-23-51)52-36-32-46(33-37-52)44-28-30-45(31-29-44)47-34-38-53(39-35-47)60(58-27-15-17-48-16-13-14-26-57(48)58)54-40-42-56(43-41-54)61-55-24-11-4-12-25-55;1-5-17-50(18-6-1)59(51-19-7-2-8-20-51,52-21-9-3-10-22-52)53-34-29-47(30-35-53)45-25-27-46(28-26-45)48-31-36-54(37-32-48)60(56-38-33-44-15-13-14-16-49(44)43-56)55-39-41-58(42-40-55)61-57-23-11-4-12-24-57/h2*1-43H. The molecule has 0 radical (unpaired) electrons. The Labute approximate surface area is 720 Å². The summed E-state index contributed by atoms with van der Waals surface area (Å²) in [7, 11) is 0. The van der Waals surface area contributed by atoms with E-state index in [-0.39, 0.29) is 0 Å². The van der Waals surface area contributed by atoms with E-state index in [9.17, 15) is 0 Å². The van der Waals surface area contributed by atoms with Gasteiger partial charge < -0.3 is 19.3 Å². The van der Waals surface area contributed by atoms with Crippen molar-refractivity contribution >= 4 is 117 Å². The summed E-state index contributed by atoms with van der Waals surface area (Å²) >= 11 is -6.62. The molecule has 4 nitrogen and oxygen atoms in total. The maximum atomic E-state index is 6.15. The zero-order valence-corrected chi connectivity index (χ0v) is 71.6. The molecule has 122 heavy (non-hydrogen) atoms.